The van der Waals surface area contributed by atoms with E-state index in [1.165, 1.54) is 24.8 Å². The molecular weight excluding hydrogens is 258 g/mol. The molecule has 112 valence electrons. The minimum atomic E-state index is 0.787. The van der Waals surface area contributed by atoms with Gasteiger partial charge in [0, 0.05) is 17.8 Å². The summed E-state index contributed by atoms with van der Waals surface area (Å²) in [5.41, 5.74) is 2.34. The van der Waals surface area contributed by atoms with Gasteiger partial charge in [-0.25, -0.2) is 0 Å². The topological polar surface area (TPSA) is 21.3 Å². The highest BCUT2D eigenvalue weighted by atomic mass is 16.5. The lowest BCUT2D eigenvalue weighted by Gasteiger charge is -2.12. The Morgan fingerprint density at radius 2 is 1.62 bits per heavy atom. The Labute approximate surface area is 128 Å². The predicted octanol–water partition coefficient (Wildman–Crippen LogP) is 5.26. The lowest BCUT2D eigenvalue weighted by molar-refractivity contribution is 0.302. The van der Waals surface area contributed by atoms with Crippen LogP contribution in [0.1, 0.15) is 38.2 Å². The second-order valence-corrected chi connectivity index (χ2v) is 5.24. The molecule has 0 aliphatic rings. The molecule has 0 bridgehead atoms. The fourth-order valence-corrected chi connectivity index (χ4v) is 2.25. The van der Waals surface area contributed by atoms with Crippen LogP contribution in [0.15, 0.2) is 54.6 Å². The van der Waals surface area contributed by atoms with Gasteiger partial charge < -0.3 is 10.1 Å². The van der Waals surface area contributed by atoms with Crippen molar-refractivity contribution in [1.29, 1.82) is 0 Å². The van der Waals surface area contributed by atoms with Crippen LogP contribution in [0.3, 0.4) is 0 Å². The monoisotopic (exact) mass is 283 g/mol. The number of hydrogen-bond acceptors (Lipinski definition) is 2. The molecule has 0 fully saturated rings. The predicted molar refractivity (Wildman–Crippen MR) is 89.8 cm³/mol. The normalized spacial score (nSPS) is 10.3. The van der Waals surface area contributed by atoms with Crippen molar-refractivity contribution in [3.8, 4) is 5.75 Å². The SMILES string of the molecule is CCCCCCOc1ccccc1CNc1ccccc1. The lowest BCUT2D eigenvalue weighted by Crippen LogP contribution is -2.04. The smallest absolute Gasteiger partial charge is 0.124 e. The number of nitrogens with one attached hydrogen (secondary N) is 1. The van der Waals surface area contributed by atoms with Crippen LogP contribution in [0, 0.1) is 0 Å². The van der Waals surface area contributed by atoms with Crippen molar-refractivity contribution >= 4 is 5.69 Å². The second-order valence-electron chi connectivity index (χ2n) is 5.24. The summed E-state index contributed by atoms with van der Waals surface area (Å²) in [5, 5.41) is 3.43. The first-order valence-corrected chi connectivity index (χ1v) is 7.90. The third kappa shape index (κ3) is 5.50. The summed E-state index contributed by atoms with van der Waals surface area (Å²) >= 11 is 0. The van der Waals surface area contributed by atoms with Gasteiger partial charge in [0.25, 0.3) is 0 Å². The van der Waals surface area contributed by atoms with E-state index in [0.29, 0.717) is 0 Å². The number of rotatable bonds is 9. The zero-order valence-corrected chi connectivity index (χ0v) is 12.8. The molecule has 21 heavy (non-hydrogen) atoms. The number of hydrogen-bond donors (Lipinski definition) is 1. The molecule has 2 heteroatoms. The number of para-hydroxylation sites is 2. The molecule has 2 nitrogen and oxygen atoms in total. The summed E-state index contributed by atoms with van der Waals surface area (Å²) in [6, 6.07) is 18.5. The van der Waals surface area contributed by atoms with Crippen molar-refractivity contribution in [2.75, 3.05) is 11.9 Å². The quantitative estimate of drug-likeness (QED) is 0.634. The number of ether oxygens (including phenoxy) is 1. The van der Waals surface area contributed by atoms with Gasteiger partial charge in [0.2, 0.25) is 0 Å². The first-order valence-electron chi connectivity index (χ1n) is 7.90. The third-order valence-corrected chi connectivity index (χ3v) is 3.48. The van der Waals surface area contributed by atoms with E-state index in [0.717, 1.165) is 31.0 Å². The summed E-state index contributed by atoms with van der Waals surface area (Å²) in [7, 11) is 0. The van der Waals surface area contributed by atoms with Gasteiger partial charge >= 0.3 is 0 Å². The van der Waals surface area contributed by atoms with Crippen molar-refractivity contribution in [2.24, 2.45) is 0 Å². The number of anilines is 1. The van der Waals surface area contributed by atoms with Crippen LogP contribution in [0.25, 0.3) is 0 Å². The molecule has 2 aromatic rings. The van der Waals surface area contributed by atoms with Crippen LogP contribution in [-0.4, -0.2) is 6.61 Å². The summed E-state index contributed by atoms with van der Waals surface area (Å²) in [5.74, 6) is 0.998. The molecule has 2 rings (SSSR count). The van der Waals surface area contributed by atoms with Gasteiger partial charge in [0.05, 0.1) is 6.61 Å². The van der Waals surface area contributed by atoms with E-state index < -0.39 is 0 Å². The van der Waals surface area contributed by atoms with Crippen LogP contribution >= 0.6 is 0 Å². The van der Waals surface area contributed by atoms with E-state index in [1.54, 1.807) is 0 Å². The highest BCUT2D eigenvalue weighted by Gasteiger charge is 2.02. The minimum absolute atomic E-state index is 0.787. The highest BCUT2D eigenvalue weighted by molar-refractivity contribution is 5.44. The van der Waals surface area contributed by atoms with Gasteiger partial charge in [-0.05, 0) is 24.6 Å². The van der Waals surface area contributed by atoms with E-state index in [-0.39, 0.29) is 0 Å². The summed E-state index contributed by atoms with van der Waals surface area (Å²) in [6.45, 7) is 3.82. The average Bonchev–Trinajstić information content (AvgIpc) is 2.55. The molecule has 1 N–H and O–H groups in total. The van der Waals surface area contributed by atoms with Crippen LogP contribution in [0.4, 0.5) is 5.69 Å². The standard InChI is InChI=1S/C19H25NO/c1-2-3-4-10-15-21-19-14-9-8-11-17(19)16-20-18-12-6-5-7-13-18/h5-9,11-14,20H,2-4,10,15-16H2,1H3. The Hall–Kier alpha value is -1.96. The zero-order chi connectivity index (χ0) is 14.8. The Kier molecular flexibility index (Phi) is 6.66. The number of unbranched alkanes of at least 4 members (excludes halogenated alkanes) is 3. The molecule has 0 unspecified atom stereocenters. The average molecular weight is 283 g/mol. The fourth-order valence-electron chi connectivity index (χ4n) is 2.25. The van der Waals surface area contributed by atoms with Crippen molar-refractivity contribution in [3.05, 3.63) is 60.2 Å². The fraction of sp³-hybridized carbons (Fsp3) is 0.368. The summed E-state index contributed by atoms with van der Waals surface area (Å²) < 4.78 is 5.93. The minimum Gasteiger partial charge on any atom is -0.493 e. The lowest BCUT2D eigenvalue weighted by atomic mass is 10.2. The van der Waals surface area contributed by atoms with Crippen LogP contribution in [-0.2, 0) is 6.54 Å². The van der Waals surface area contributed by atoms with Crippen LogP contribution in [0.2, 0.25) is 0 Å². The number of benzene rings is 2. The van der Waals surface area contributed by atoms with Crippen molar-refractivity contribution in [3.63, 3.8) is 0 Å². The molecule has 0 radical (unpaired) electrons. The molecule has 0 heterocycles. The maximum atomic E-state index is 5.93. The molecule has 0 aliphatic heterocycles. The van der Waals surface area contributed by atoms with Gasteiger partial charge in [0.15, 0.2) is 0 Å². The van der Waals surface area contributed by atoms with Gasteiger partial charge in [-0.1, -0.05) is 62.6 Å². The van der Waals surface area contributed by atoms with Gasteiger partial charge in [-0.3, -0.25) is 0 Å². The van der Waals surface area contributed by atoms with Crippen LogP contribution < -0.4 is 10.1 Å². The van der Waals surface area contributed by atoms with E-state index in [1.807, 2.05) is 24.3 Å². The van der Waals surface area contributed by atoms with E-state index in [9.17, 15) is 0 Å². The second kappa shape index (κ2) is 9.06. The molecular formula is C19H25NO. The van der Waals surface area contributed by atoms with Crippen LogP contribution in [0.5, 0.6) is 5.75 Å². The maximum absolute atomic E-state index is 5.93. The molecule has 0 saturated carbocycles. The molecule has 0 amide bonds. The molecule has 0 spiro atoms. The van der Waals surface area contributed by atoms with E-state index in [2.05, 4.69) is 42.6 Å². The Morgan fingerprint density at radius 1 is 0.857 bits per heavy atom. The zero-order valence-electron chi connectivity index (χ0n) is 12.8. The van der Waals surface area contributed by atoms with Crippen molar-refractivity contribution in [1.82, 2.24) is 0 Å². The Bertz CT molecular complexity index is 510. The molecule has 0 saturated heterocycles. The van der Waals surface area contributed by atoms with E-state index >= 15 is 0 Å². The summed E-state index contributed by atoms with van der Waals surface area (Å²) in [6.07, 6.45) is 4.94. The van der Waals surface area contributed by atoms with Gasteiger partial charge in [-0.2, -0.15) is 0 Å². The molecule has 0 aromatic heterocycles. The first-order chi connectivity index (χ1) is 10.4. The van der Waals surface area contributed by atoms with Gasteiger partial charge in [-0.15, -0.1) is 0 Å². The van der Waals surface area contributed by atoms with Crippen molar-refractivity contribution < 1.29 is 4.74 Å². The first kappa shape index (κ1) is 15.4. The van der Waals surface area contributed by atoms with E-state index in [4.69, 9.17) is 4.74 Å². The molecule has 0 aliphatic carbocycles. The highest BCUT2D eigenvalue weighted by Crippen LogP contribution is 2.20. The van der Waals surface area contributed by atoms with Crippen molar-refractivity contribution in [2.45, 2.75) is 39.2 Å². The summed E-state index contributed by atoms with van der Waals surface area (Å²) in [4.78, 5) is 0. The third-order valence-electron chi connectivity index (χ3n) is 3.48. The largest absolute Gasteiger partial charge is 0.493 e. The van der Waals surface area contributed by atoms with Gasteiger partial charge in [0.1, 0.15) is 5.75 Å². The molecule has 2 aromatic carbocycles. The molecule has 0 atom stereocenters. The Balaban J connectivity index is 1.84. The maximum Gasteiger partial charge on any atom is 0.124 e. The Morgan fingerprint density at radius 3 is 2.43 bits per heavy atom.